The molecule has 3 unspecified atom stereocenters. The highest BCUT2D eigenvalue weighted by Crippen LogP contribution is 2.34. The van der Waals surface area contributed by atoms with Gasteiger partial charge in [-0.05, 0) is 50.7 Å². The number of likely N-dealkylation sites (N-methyl/N-ethyl adjacent to an activating group) is 1. The monoisotopic (exact) mass is 275 g/mol. The van der Waals surface area contributed by atoms with E-state index in [4.69, 9.17) is 0 Å². The van der Waals surface area contributed by atoms with Crippen molar-refractivity contribution in [3.05, 3.63) is 29.8 Å². The minimum atomic E-state index is -0.178. The van der Waals surface area contributed by atoms with Crippen LogP contribution in [-0.2, 0) is 0 Å². The molecule has 1 aromatic rings. The first-order chi connectivity index (χ1) is 9.67. The standard InChI is InChI=1S/C18H29NO/c1-4-8-15-11-12-18(20)17(13-15)19(5-2)16-10-7-6-9-14(16)3/h6-7,9-10,15,17-18,20H,4-5,8,11-13H2,1-3H3. The van der Waals surface area contributed by atoms with Crippen molar-refractivity contribution >= 4 is 5.69 Å². The van der Waals surface area contributed by atoms with E-state index in [0.29, 0.717) is 0 Å². The SMILES string of the molecule is CCCC1CCC(O)C(N(CC)c2ccccc2C)C1. The molecule has 0 heterocycles. The molecule has 1 N–H and O–H groups in total. The molecule has 20 heavy (non-hydrogen) atoms. The zero-order valence-electron chi connectivity index (χ0n) is 13.2. The number of aryl methyl sites for hydroxylation is 1. The smallest absolute Gasteiger partial charge is 0.0743 e. The second-order valence-corrected chi connectivity index (χ2v) is 6.17. The van der Waals surface area contributed by atoms with Crippen molar-refractivity contribution in [2.45, 2.75) is 65.0 Å². The van der Waals surface area contributed by atoms with Gasteiger partial charge in [0.1, 0.15) is 0 Å². The lowest BCUT2D eigenvalue weighted by molar-refractivity contribution is 0.0806. The Labute approximate surface area is 123 Å². The van der Waals surface area contributed by atoms with Gasteiger partial charge < -0.3 is 10.0 Å². The maximum atomic E-state index is 10.5. The summed E-state index contributed by atoms with van der Waals surface area (Å²) in [6, 6.07) is 8.82. The average molecular weight is 275 g/mol. The van der Waals surface area contributed by atoms with Gasteiger partial charge in [-0.15, -0.1) is 0 Å². The highest BCUT2D eigenvalue weighted by Gasteiger charge is 2.32. The number of para-hydroxylation sites is 1. The van der Waals surface area contributed by atoms with Crippen LogP contribution in [0.1, 0.15) is 51.5 Å². The van der Waals surface area contributed by atoms with Crippen molar-refractivity contribution in [2.75, 3.05) is 11.4 Å². The molecule has 1 saturated carbocycles. The summed E-state index contributed by atoms with van der Waals surface area (Å²) in [5.74, 6) is 0.784. The molecule has 1 aliphatic carbocycles. The summed E-state index contributed by atoms with van der Waals surface area (Å²) < 4.78 is 0. The molecule has 2 rings (SSSR count). The van der Waals surface area contributed by atoms with E-state index in [9.17, 15) is 5.11 Å². The molecule has 0 amide bonds. The lowest BCUT2D eigenvalue weighted by atomic mass is 9.80. The van der Waals surface area contributed by atoms with E-state index in [1.807, 2.05) is 0 Å². The molecule has 0 aliphatic heterocycles. The molecule has 0 spiro atoms. The molecule has 1 fully saturated rings. The number of aliphatic hydroxyl groups excluding tert-OH is 1. The summed E-state index contributed by atoms with van der Waals surface area (Å²) in [4.78, 5) is 2.42. The molecule has 1 aliphatic rings. The van der Waals surface area contributed by atoms with Gasteiger partial charge in [-0.1, -0.05) is 38.0 Å². The zero-order valence-corrected chi connectivity index (χ0v) is 13.2. The molecule has 0 radical (unpaired) electrons. The van der Waals surface area contributed by atoms with Gasteiger partial charge in [0.05, 0.1) is 12.1 Å². The van der Waals surface area contributed by atoms with E-state index in [2.05, 4.69) is 49.9 Å². The molecule has 112 valence electrons. The third kappa shape index (κ3) is 3.35. The Morgan fingerprint density at radius 3 is 2.60 bits per heavy atom. The van der Waals surface area contributed by atoms with Crippen molar-refractivity contribution in [1.82, 2.24) is 0 Å². The van der Waals surface area contributed by atoms with Gasteiger partial charge in [-0.25, -0.2) is 0 Å². The largest absolute Gasteiger partial charge is 0.391 e. The summed E-state index contributed by atoms with van der Waals surface area (Å²) in [6.45, 7) is 7.59. The summed E-state index contributed by atoms with van der Waals surface area (Å²) in [5, 5.41) is 10.5. The minimum absolute atomic E-state index is 0.178. The fourth-order valence-electron chi connectivity index (χ4n) is 3.69. The van der Waals surface area contributed by atoms with Crippen LogP contribution in [0.3, 0.4) is 0 Å². The van der Waals surface area contributed by atoms with Crippen LogP contribution in [0.15, 0.2) is 24.3 Å². The second kappa shape index (κ2) is 7.12. The number of hydrogen-bond donors (Lipinski definition) is 1. The van der Waals surface area contributed by atoms with Gasteiger partial charge in [0.25, 0.3) is 0 Å². The maximum Gasteiger partial charge on any atom is 0.0743 e. The van der Waals surface area contributed by atoms with Crippen LogP contribution in [-0.4, -0.2) is 23.8 Å². The molecule has 3 atom stereocenters. The van der Waals surface area contributed by atoms with Crippen LogP contribution in [0.2, 0.25) is 0 Å². The average Bonchev–Trinajstić information content (AvgIpc) is 2.45. The Balaban J connectivity index is 2.19. The van der Waals surface area contributed by atoms with E-state index in [-0.39, 0.29) is 12.1 Å². The Bertz CT molecular complexity index is 418. The van der Waals surface area contributed by atoms with E-state index in [1.54, 1.807) is 0 Å². The van der Waals surface area contributed by atoms with Crippen molar-refractivity contribution in [2.24, 2.45) is 5.92 Å². The van der Waals surface area contributed by atoms with Gasteiger partial charge in [0.2, 0.25) is 0 Å². The second-order valence-electron chi connectivity index (χ2n) is 6.17. The van der Waals surface area contributed by atoms with Crippen LogP contribution in [0, 0.1) is 12.8 Å². The van der Waals surface area contributed by atoms with E-state index >= 15 is 0 Å². The first kappa shape index (κ1) is 15.4. The highest BCUT2D eigenvalue weighted by molar-refractivity contribution is 5.54. The molecule has 1 aromatic carbocycles. The van der Waals surface area contributed by atoms with E-state index in [0.717, 1.165) is 25.3 Å². The van der Waals surface area contributed by atoms with Crippen molar-refractivity contribution in [1.29, 1.82) is 0 Å². The van der Waals surface area contributed by atoms with Crippen LogP contribution in [0.5, 0.6) is 0 Å². The lowest BCUT2D eigenvalue weighted by Crippen LogP contribution is -2.47. The fourth-order valence-corrected chi connectivity index (χ4v) is 3.69. The zero-order chi connectivity index (χ0) is 14.5. The molecular weight excluding hydrogens is 246 g/mol. The van der Waals surface area contributed by atoms with Crippen LogP contribution >= 0.6 is 0 Å². The predicted octanol–water partition coefficient (Wildman–Crippen LogP) is 4.15. The Morgan fingerprint density at radius 1 is 1.20 bits per heavy atom. The predicted molar refractivity (Wildman–Crippen MR) is 86.2 cm³/mol. The summed E-state index contributed by atoms with van der Waals surface area (Å²) in [7, 11) is 0. The maximum absolute atomic E-state index is 10.5. The summed E-state index contributed by atoms with van der Waals surface area (Å²) in [5.41, 5.74) is 2.59. The van der Waals surface area contributed by atoms with Gasteiger partial charge in [-0.3, -0.25) is 0 Å². The molecule has 0 saturated heterocycles. The number of aliphatic hydroxyl groups is 1. The normalized spacial score (nSPS) is 26.5. The quantitative estimate of drug-likeness (QED) is 0.872. The molecule has 0 bridgehead atoms. The van der Waals surface area contributed by atoms with Crippen LogP contribution < -0.4 is 4.90 Å². The lowest BCUT2D eigenvalue weighted by Gasteiger charge is -2.42. The van der Waals surface area contributed by atoms with Crippen LogP contribution in [0.25, 0.3) is 0 Å². The van der Waals surface area contributed by atoms with Crippen molar-refractivity contribution in [3.63, 3.8) is 0 Å². The molecule has 2 heteroatoms. The molecule has 2 nitrogen and oxygen atoms in total. The Morgan fingerprint density at radius 2 is 1.95 bits per heavy atom. The molecule has 0 aromatic heterocycles. The number of rotatable bonds is 5. The van der Waals surface area contributed by atoms with Crippen LogP contribution in [0.4, 0.5) is 5.69 Å². The fraction of sp³-hybridized carbons (Fsp3) is 0.667. The third-order valence-corrected chi connectivity index (χ3v) is 4.75. The van der Waals surface area contributed by atoms with E-state index in [1.165, 1.54) is 30.5 Å². The first-order valence-corrected chi connectivity index (χ1v) is 8.17. The topological polar surface area (TPSA) is 23.5 Å². The summed E-state index contributed by atoms with van der Waals surface area (Å²) >= 11 is 0. The number of nitrogens with zero attached hydrogens (tertiary/aromatic N) is 1. The molecular formula is C18H29NO. The number of anilines is 1. The Kier molecular flexibility index (Phi) is 5.47. The third-order valence-electron chi connectivity index (χ3n) is 4.75. The number of hydrogen-bond acceptors (Lipinski definition) is 2. The highest BCUT2D eigenvalue weighted by atomic mass is 16.3. The first-order valence-electron chi connectivity index (χ1n) is 8.17. The minimum Gasteiger partial charge on any atom is -0.391 e. The summed E-state index contributed by atoms with van der Waals surface area (Å²) in [6.07, 6.45) is 5.66. The van der Waals surface area contributed by atoms with Gasteiger partial charge in [-0.2, -0.15) is 0 Å². The van der Waals surface area contributed by atoms with Gasteiger partial charge in [0, 0.05) is 12.2 Å². The Hall–Kier alpha value is -1.02. The van der Waals surface area contributed by atoms with Gasteiger partial charge >= 0.3 is 0 Å². The van der Waals surface area contributed by atoms with E-state index < -0.39 is 0 Å². The van der Waals surface area contributed by atoms with Crippen molar-refractivity contribution in [3.8, 4) is 0 Å². The van der Waals surface area contributed by atoms with Gasteiger partial charge in [0.15, 0.2) is 0 Å². The number of benzene rings is 1. The van der Waals surface area contributed by atoms with Crippen molar-refractivity contribution < 1.29 is 5.11 Å².